The Morgan fingerprint density at radius 1 is 1.17 bits per heavy atom. The van der Waals surface area contributed by atoms with Crippen molar-refractivity contribution >= 4 is 29.1 Å². The molecule has 1 aromatic carbocycles. The number of hydrogen-bond donors (Lipinski definition) is 1. The van der Waals surface area contributed by atoms with Gasteiger partial charge in [0.05, 0.1) is 15.6 Å². The van der Waals surface area contributed by atoms with Gasteiger partial charge < -0.3 is 5.32 Å². The summed E-state index contributed by atoms with van der Waals surface area (Å²) in [5, 5.41) is 3.94. The van der Waals surface area contributed by atoms with Gasteiger partial charge in [0.2, 0.25) is 0 Å². The molecule has 96 valence electrons. The molecule has 2 fully saturated rings. The second-order valence-electron chi connectivity index (χ2n) is 5.35. The number of carbonyl (C=O) groups excluding carboxylic acids is 1. The summed E-state index contributed by atoms with van der Waals surface area (Å²) in [6, 6.07) is 5.45. The molecule has 2 saturated carbocycles. The lowest BCUT2D eigenvalue weighted by Gasteiger charge is -2.23. The SMILES string of the molecule is O=C(N[C@@H]1C[C@H]2CC[C@@H]1C2)c1c(Cl)cccc1Cl. The van der Waals surface area contributed by atoms with E-state index in [4.69, 9.17) is 23.2 Å². The third kappa shape index (κ3) is 2.12. The zero-order valence-corrected chi connectivity index (χ0v) is 11.5. The molecule has 3 atom stereocenters. The minimum Gasteiger partial charge on any atom is -0.349 e. The molecule has 18 heavy (non-hydrogen) atoms. The van der Waals surface area contributed by atoms with E-state index in [1.54, 1.807) is 18.2 Å². The normalized spacial score (nSPS) is 29.6. The van der Waals surface area contributed by atoms with Gasteiger partial charge in [0, 0.05) is 6.04 Å². The number of rotatable bonds is 2. The molecule has 0 heterocycles. The first-order chi connectivity index (χ1) is 8.65. The van der Waals surface area contributed by atoms with E-state index in [1.807, 2.05) is 0 Å². The molecular formula is C14H15Cl2NO. The Morgan fingerprint density at radius 2 is 1.89 bits per heavy atom. The predicted molar refractivity (Wildman–Crippen MR) is 73.2 cm³/mol. The Bertz CT molecular complexity index is 468. The van der Waals surface area contributed by atoms with Crippen molar-refractivity contribution in [1.29, 1.82) is 0 Å². The Hall–Kier alpha value is -0.730. The van der Waals surface area contributed by atoms with Crippen molar-refractivity contribution in [3.8, 4) is 0 Å². The third-order valence-electron chi connectivity index (χ3n) is 4.24. The number of halogens is 2. The quantitative estimate of drug-likeness (QED) is 0.876. The van der Waals surface area contributed by atoms with Crippen LogP contribution in [0.4, 0.5) is 0 Å². The third-order valence-corrected chi connectivity index (χ3v) is 4.87. The van der Waals surface area contributed by atoms with Gasteiger partial charge in [-0.3, -0.25) is 4.79 Å². The van der Waals surface area contributed by atoms with Gasteiger partial charge in [-0.1, -0.05) is 35.7 Å². The minimum atomic E-state index is -0.136. The predicted octanol–water partition coefficient (Wildman–Crippen LogP) is 3.91. The molecule has 2 bridgehead atoms. The van der Waals surface area contributed by atoms with Crippen LogP contribution in [0.3, 0.4) is 0 Å². The van der Waals surface area contributed by atoms with Crippen molar-refractivity contribution in [3.05, 3.63) is 33.8 Å². The van der Waals surface area contributed by atoms with Crippen LogP contribution in [0.1, 0.15) is 36.0 Å². The summed E-state index contributed by atoms with van der Waals surface area (Å²) in [4.78, 5) is 12.2. The van der Waals surface area contributed by atoms with E-state index in [2.05, 4.69) is 5.32 Å². The molecule has 0 spiro atoms. The number of hydrogen-bond acceptors (Lipinski definition) is 1. The van der Waals surface area contributed by atoms with Crippen molar-refractivity contribution in [2.45, 2.75) is 31.7 Å². The molecule has 0 radical (unpaired) electrons. The fourth-order valence-electron chi connectivity index (χ4n) is 3.38. The fraction of sp³-hybridized carbons (Fsp3) is 0.500. The van der Waals surface area contributed by atoms with E-state index in [0.29, 0.717) is 27.6 Å². The second kappa shape index (κ2) is 4.75. The molecule has 1 aromatic rings. The van der Waals surface area contributed by atoms with Crippen LogP contribution in [0, 0.1) is 11.8 Å². The molecule has 2 aliphatic rings. The van der Waals surface area contributed by atoms with Gasteiger partial charge in [-0.15, -0.1) is 0 Å². The summed E-state index contributed by atoms with van der Waals surface area (Å²) in [6.07, 6.45) is 4.94. The molecule has 1 N–H and O–H groups in total. The topological polar surface area (TPSA) is 29.1 Å². The van der Waals surface area contributed by atoms with Crippen LogP contribution < -0.4 is 5.32 Å². The molecule has 0 aromatic heterocycles. The van der Waals surface area contributed by atoms with Crippen molar-refractivity contribution in [2.75, 3.05) is 0 Å². The zero-order valence-electron chi connectivity index (χ0n) is 9.96. The maximum atomic E-state index is 12.2. The maximum absolute atomic E-state index is 12.2. The maximum Gasteiger partial charge on any atom is 0.254 e. The number of amides is 1. The van der Waals surface area contributed by atoms with E-state index in [0.717, 1.165) is 12.3 Å². The lowest BCUT2D eigenvalue weighted by molar-refractivity contribution is 0.0923. The fourth-order valence-corrected chi connectivity index (χ4v) is 3.95. The highest BCUT2D eigenvalue weighted by Gasteiger charge is 2.40. The van der Waals surface area contributed by atoms with Crippen LogP contribution in [-0.2, 0) is 0 Å². The summed E-state index contributed by atoms with van der Waals surface area (Å²) >= 11 is 12.1. The summed E-state index contributed by atoms with van der Waals surface area (Å²) in [6.45, 7) is 0. The molecule has 4 heteroatoms. The summed E-state index contributed by atoms with van der Waals surface area (Å²) in [5.41, 5.74) is 0.406. The van der Waals surface area contributed by atoms with E-state index in [9.17, 15) is 4.79 Å². The van der Waals surface area contributed by atoms with Crippen LogP contribution in [0.2, 0.25) is 10.0 Å². The number of carbonyl (C=O) groups is 1. The first kappa shape index (κ1) is 12.3. The van der Waals surface area contributed by atoms with Crippen molar-refractivity contribution in [1.82, 2.24) is 5.32 Å². The number of benzene rings is 1. The van der Waals surface area contributed by atoms with Crippen LogP contribution in [0.25, 0.3) is 0 Å². The van der Waals surface area contributed by atoms with Crippen LogP contribution in [0.5, 0.6) is 0 Å². The molecule has 0 saturated heterocycles. The van der Waals surface area contributed by atoms with Gasteiger partial charge in [-0.2, -0.15) is 0 Å². The Morgan fingerprint density at radius 3 is 2.44 bits per heavy atom. The standard InChI is InChI=1S/C14H15Cl2NO/c15-10-2-1-3-11(16)13(10)14(18)17-12-7-8-4-5-9(12)6-8/h1-3,8-9,12H,4-7H2,(H,17,18)/t8-,9+,12+/m0/s1. The summed E-state index contributed by atoms with van der Waals surface area (Å²) in [7, 11) is 0. The van der Waals surface area contributed by atoms with Gasteiger partial charge in [0.1, 0.15) is 0 Å². The first-order valence-electron chi connectivity index (χ1n) is 6.40. The monoisotopic (exact) mass is 283 g/mol. The number of nitrogens with one attached hydrogen (secondary N) is 1. The Labute approximate surface area is 117 Å². The molecule has 0 unspecified atom stereocenters. The van der Waals surface area contributed by atoms with Gasteiger partial charge in [0.15, 0.2) is 0 Å². The highest BCUT2D eigenvalue weighted by atomic mass is 35.5. The highest BCUT2D eigenvalue weighted by Crippen LogP contribution is 2.44. The molecular weight excluding hydrogens is 269 g/mol. The summed E-state index contributed by atoms with van der Waals surface area (Å²) < 4.78 is 0. The number of fused-ring (bicyclic) bond motifs is 2. The smallest absolute Gasteiger partial charge is 0.254 e. The molecule has 2 nitrogen and oxygen atoms in total. The van der Waals surface area contributed by atoms with Crippen molar-refractivity contribution < 1.29 is 4.79 Å². The molecule has 3 rings (SSSR count). The molecule has 0 aliphatic heterocycles. The van der Waals surface area contributed by atoms with E-state index in [-0.39, 0.29) is 5.91 Å². The van der Waals surface area contributed by atoms with Gasteiger partial charge in [0.25, 0.3) is 5.91 Å². The van der Waals surface area contributed by atoms with Gasteiger partial charge in [-0.05, 0) is 43.2 Å². The van der Waals surface area contributed by atoms with Crippen molar-refractivity contribution in [2.24, 2.45) is 11.8 Å². The van der Waals surface area contributed by atoms with Crippen LogP contribution in [0.15, 0.2) is 18.2 Å². The average molecular weight is 284 g/mol. The Balaban J connectivity index is 1.75. The van der Waals surface area contributed by atoms with E-state index >= 15 is 0 Å². The van der Waals surface area contributed by atoms with Gasteiger partial charge >= 0.3 is 0 Å². The largest absolute Gasteiger partial charge is 0.349 e. The van der Waals surface area contributed by atoms with Gasteiger partial charge in [-0.25, -0.2) is 0 Å². The van der Waals surface area contributed by atoms with Crippen molar-refractivity contribution in [3.63, 3.8) is 0 Å². The first-order valence-corrected chi connectivity index (χ1v) is 7.15. The average Bonchev–Trinajstić information content (AvgIpc) is 2.90. The molecule has 1 amide bonds. The second-order valence-corrected chi connectivity index (χ2v) is 6.17. The lowest BCUT2D eigenvalue weighted by Crippen LogP contribution is -2.38. The van der Waals surface area contributed by atoms with E-state index < -0.39 is 0 Å². The lowest BCUT2D eigenvalue weighted by atomic mass is 9.95. The minimum absolute atomic E-state index is 0.136. The van der Waals surface area contributed by atoms with Crippen LogP contribution in [-0.4, -0.2) is 11.9 Å². The zero-order chi connectivity index (χ0) is 12.7. The molecule has 2 aliphatic carbocycles. The highest BCUT2D eigenvalue weighted by molar-refractivity contribution is 6.39. The summed E-state index contributed by atoms with van der Waals surface area (Å²) in [5.74, 6) is 1.32. The Kier molecular flexibility index (Phi) is 3.25. The van der Waals surface area contributed by atoms with E-state index in [1.165, 1.54) is 19.3 Å². The van der Waals surface area contributed by atoms with Crippen LogP contribution >= 0.6 is 23.2 Å².